The minimum Gasteiger partial charge on any atom is -0.324 e. The standard InChI is InChI=1S/C11H26N2S/c1-6-11(3,12)9-13(4)10(2)7-8-14-5/h10H,6-9,12H2,1-5H3. The van der Waals surface area contributed by atoms with Gasteiger partial charge in [0.05, 0.1) is 0 Å². The number of nitrogens with zero attached hydrogens (tertiary/aromatic N) is 1. The molecule has 86 valence electrons. The number of likely N-dealkylation sites (N-methyl/N-ethyl adjacent to an activating group) is 1. The smallest absolute Gasteiger partial charge is 0.0252 e. The van der Waals surface area contributed by atoms with Gasteiger partial charge >= 0.3 is 0 Å². The van der Waals surface area contributed by atoms with Crippen LogP contribution in [0.2, 0.25) is 0 Å². The number of rotatable bonds is 7. The van der Waals surface area contributed by atoms with Gasteiger partial charge in [-0.25, -0.2) is 0 Å². The summed E-state index contributed by atoms with van der Waals surface area (Å²) in [4.78, 5) is 2.37. The maximum absolute atomic E-state index is 6.14. The Morgan fingerprint density at radius 1 is 1.50 bits per heavy atom. The summed E-state index contributed by atoms with van der Waals surface area (Å²) in [6, 6.07) is 0.636. The third-order valence-corrected chi connectivity index (χ3v) is 3.55. The Kier molecular flexibility index (Phi) is 6.83. The molecule has 0 bridgehead atoms. The first-order valence-corrected chi connectivity index (χ1v) is 6.80. The van der Waals surface area contributed by atoms with Crippen molar-refractivity contribution in [2.75, 3.05) is 25.6 Å². The van der Waals surface area contributed by atoms with Crippen molar-refractivity contribution in [3.63, 3.8) is 0 Å². The van der Waals surface area contributed by atoms with Gasteiger partial charge in [0.2, 0.25) is 0 Å². The molecule has 0 aliphatic rings. The van der Waals surface area contributed by atoms with Crippen molar-refractivity contribution in [1.29, 1.82) is 0 Å². The van der Waals surface area contributed by atoms with Crippen LogP contribution in [0, 0.1) is 0 Å². The molecular formula is C11H26N2S. The van der Waals surface area contributed by atoms with E-state index in [1.165, 1.54) is 12.2 Å². The van der Waals surface area contributed by atoms with Gasteiger partial charge in [-0.2, -0.15) is 11.8 Å². The van der Waals surface area contributed by atoms with Crippen LogP contribution >= 0.6 is 11.8 Å². The Hall–Kier alpha value is 0.270. The van der Waals surface area contributed by atoms with Gasteiger partial charge in [0.1, 0.15) is 0 Å². The van der Waals surface area contributed by atoms with Crippen LogP contribution in [0.15, 0.2) is 0 Å². The molecule has 2 nitrogen and oxygen atoms in total. The lowest BCUT2D eigenvalue weighted by Crippen LogP contribution is -2.48. The first-order chi connectivity index (χ1) is 6.43. The van der Waals surface area contributed by atoms with Crippen LogP contribution in [-0.4, -0.2) is 42.1 Å². The highest BCUT2D eigenvalue weighted by molar-refractivity contribution is 7.98. The van der Waals surface area contributed by atoms with E-state index in [0.717, 1.165) is 13.0 Å². The second-order valence-corrected chi connectivity index (χ2v) is 5.54. The minimum absolute atomic E-state index is 0.0393. The Morgan fingerprint density at radius 2 is 2.07 bits per heavy atom. The van der Waals surface area contributed by atoms with Crippen LogP contribution in [0.1, 0.15) is 33.6 Å². The average Bonchev–Trinajstić information content (AvgIpc) is 2.13. The Labute approximate surface area is 93.6 Å². The molecule has 0 heterocycles. The van der Waals surface area contributed by atoms with Crippen molar-refractivity contribution in [3.05, 3.63) is 0 Å². The summed E-state index contributed by atoms with van der Waals surface area (Å²) in [5.41, 5.74) is 6.10. The lowest BCUT2D eigenvalue weighted by molar-refractivity contribution is 0.199. The van der Waals surface area contributed by atoms with Crippen LogP contribution in [0.3, 0.4) is 0 Å². The van der Waals surface area contributed by atoms with Gasteiger partial charge in [0, 0.05) is 18.1 Å². The van der Waals surface area contributed by atoms with Crippen molar-refractivity contribution in [2.45, 2.75) is 45.2 Å². The predicted molar refractivity (Wildman–Crippen MR) is 68.0 cm³/mol. The summed E-state index contributed by atoms with van der Waals surface area (Å²) in [5, 5.41) is 0. The second kappa shape index (κ2) is 6.70. The van der Waals surface area contributed by atoms with E-state index in [2.05, 4.69) is 39.0 Å². The molecule has 0 fully saturated rings. The third-order valence-electron chi connectivity index (χ3n) is 2.91. The number of thioether (sulfide) groups is 1. The molecule has 0 saturated carbocycles. The maximum atomic E-state index is 6.14. The van der Waals surface area contributed by atoms with Crippen molar-refractivity contribution in [1.82, 2.24) is 4.90 Å². The average molecular weight is 218 g/mol. The molecule has 14 heavy (non-hydrogen) atoms. The molecule has 0 spiro atoms. The van der Waals surface area contributed by atoms with Gasteiger partial charge < -0.3 is 10.6 Å². The molecule has 0 amide bonds. The van der Waals surface area contributed by atoms with Crippen molar-refractivity contribution < 1.29 is 0 Å². The number of hydrogen-bond donors (Lipinski definition) is 1. The van der Waals surface area contributed by atoms with E-state index >= 15 is 0 Å². The fraction of sp³-hybridized carbons (Fsp3) is 1.00. The van der Waals surface area contributed by atoms with Gasteiger partial charge in [-0.1, -0.05) is 6.92 Å². The first-order valence-electron chi connectivity index (χ1n) is 5.41. The topological polar surface area (TPSA) is 29.3 Å². The van der Waals surface area contributed by atoms with Gasteiger partial charge in [-0.3, -0.25) is 0 Å². The summed E-state index contributed by atoms with van der Waals surface area (Å²) in [5.74, 6) is 1.24. The molecule has 0 radical (unpaired) electrons. The zero-order valence-corrected chi connectivity index (χ0v) is 11.2. The normalized spacial score (nSPS) is 18.2. The molecule has 3 heteroatoms. The highest BCUT2D eigenvalue weighted by Crippen LogP contribution is 2.11. The maximum Gasteiger partial charge on any atom is 0.0252 e. The highest BCUT2D eigenvalue weighted by Gasteiger charge is 2.20. The van der Waals surface area contributed by atoms with Crippen LogP contribution in [0.5, 0.6) is 0 Å². The minimum atomic E-state index is -0.0393. The molecule has 2 unspecified atom stereocenters. The molecule has 0 aromatic heterocycles. The van der Waals surface area contributed by atoms with E-state index in [1.807, 2.05) is 11.8 Å². The molecule has 0 rings (SSSR count). The van der Waals surface area contributed by atoms with Crippen LogP contribution < -0.4 is 5.73 Å². The van der Waals surface area contributed by atoms with E-state index < -0.39 is 0 Å². The summed E-state index contributed by atoms with van der Waals surface area (Å²) in [6.45, 7) is 7.55. The third kappa shape index (κ3) is 5.89. The van der Waals surface area contributed by atoms with Crippen molar-refractivity contribution in [2.24, 2.45) is 5.73 Å². The zero-order valence-electron chi connectivity index (χ0n) is 10.3. The summed E-state index contributed by atoms with van der Waals surface area (Å²) in [6.07, 6.45) is 4.44. The Balaban J connectivity index is 3.87. The summed E-state index contributed by atoms with van der Waals surface area (Å²) < 4.78 is 0. The molecule has 0 aromatic rings. The molecule has 0 aromatic carbocycles. The van der Waals surface area contributed by atoms with E-state index in [9.17, 15) is 0 Å². The van der Waals surface area contributed by atoms with Gasteiger partial charge in [0.15, 0.2) is 0 Å². The fourth-order valence-corrected chi connectivity index (χ4v) is 1.92. The quantitative estimate of drug-likeness (QED) is 0.710. The van der Waals surface area contributed by atoms with E-state index in [4.69, 9.17) is 5.73 Å². The SMILES string of the molecule is CCC(C)(N)CN(C)C(C)CCSC. The molecule has 0 saturated heterocycles. The monoisotopic (exact) mass is 218 g/mol. The molecular weight excluding hydrogens is 192 g/mol. The predicted octanol–water partition coefficient (Wildman–Crippen LogP) is 2.19. The largest absolute Gasteiger partial charge is 0.324 e. The lowest BCUT2D eigenvalue weighted by Gasteiger charge is -2.33. The molecule has 2 N–H and O–H groups in total. The Morgan fingerprint density at radius 3 is 2.50 bits per heavy atom. The van der Waals surface area contributed by atoms with E-state index in [-0.39, 0.29) is 5.54 Å². The number of hydrogen-bond acceptors (Lipinski definition) is 3. The molecule has 0 aliphatic heterocycles. The zero-order chi connectivity index (χ0) is 11.2. The summed E-state index contributed by atoms with van der Waals surface area (Å²) >= 11 is 1.91. The van der Waals surface area contributed by atoms with Crippen molar-refractivity contribution in [3.8, 4) is 0 Å². The van der Waals surface area contributed by atoms with Gasteiger partial charge in [-0.05, 0) is 45.7 Å². The van der Waals surface area contributed by atoms with Gasteiger partial charge in [0.25, 0.3) is 0 Å². The van der Waals surface area contributed by atoms with Crippen LogP contribution in [-0.2, 0) is 0 Å². The van der Waals surface area contributed by atoms with Crippen LogP contribution in [0.25, 0.3) is 0 Å². The lowest BCUT2D eigenvalue weighted by atomic mass is 9.99. The van der Waals surface area contributed by atoms with Gasteiger partial charge in [-0.15, -0.1) is 0 Å². The first kappa shape index (κ1) is 14.3. The summed E-state index contributed by atoms with van der Waals surface area (Å²) in [7, 11) is 2.17. The van der Waals surface area contributed by atoms with E-state index in [1.54, 1.807) is 0 Å². The van der Waals surface area contributed by atoms with Crippen molar-refractivity contribution >= 4 is 11.8 Å². The number of nitrogens with two attached hydrogens (primary N) is 1. The molecule has 0 aliphatic carbocycles. The Bertz CT molecular complexity index is 148. The fourth-order valence-electron chi connectivity index (χ4n) is 1.35. The van der Waals surface area contributed by atoms with Crippen LogP contribution in [0.4, 0.5) is 0 Å². The highest BCUT2D eigenvalue weighted by atomic mass is 32.2. The van der Waals surface area contributed by atoms with E-state index in [0.29, 0.717) is 6.04 Å². The second-order valence-electron chi connectivity index (χ2n) is 4.55. The molecule has 2 atom stereocenters.